The molecule has 1 aromatic carbocycles. The highest BCUT2D eigenvalue weighted by molar-refractivity contribution is 5.92. The molecule has 2 amide bonds. The minimum Gasteiger partial charge on any atom is -0.354 e. The number of rotatable bonds is 9. The lowest BCUT2D eigenvalue weighted by Gasteiger charge is -2.34. The first kappa shape index (κ1) is 23.9. The maximum absolute atomic E-state index is 13.2. The quantitative estimate of drug-likeness (QED) is 0.553. The van der Waals surface area contributed by atoms with Crippen LogP contribution in [0.4, 0.5) is 5.69 Å². The van der Waals surface area contributed by atoms with E-state index in [1.165, 1.54) is 0 Å². The number of carbonyl (C=O) groups excluding carboxylic acids is 2. The van der Waals surface area contributed by atoms with Crippen molar-refractivity contribution < 1.29 is 9.59 Å². The van der Waals surface area contributed by atoms with Crippen LogP contribution >= 0.6 is 0 Å². The summed E-state index contributed by atoms with van der Waals surface area (Å²) in [5.41, 5.74) is 7.79. The average molecular weight is 437 g/mol. The van der Waals surface area contributed by atoms with Crippen molar-refractivity contribution in [3.05, 3.63) is 60.4 Å². The smallest absolute Gasteiger partial charge is 0.230 e. The summed E-state index contributed by atoms with van der Waals surface area (Å²) in [6.07, 6.45) is 8.27. The molecule has 3 rings (SSSR count). The van der Waals surface area contributed by atoms with Crippen molar-refractivity contribution >= 4 is 17.5 Å². The number of benzene rings is 1. The molecule has 6 nitrogen and oxygen atoms in total. The van der Waals surface area contributed by atoms with Crippen molar-refractivity contribution in [3.63, 3.8) is 0 Å². The van der Waals surface area contributed by atoms with Crippen LogP contribution in [0.3, 0.4) is 0 Å². The van der Waals surface area contributed by atoms with E-state index in [0.717, 1.165) is 49.8 Å². The third kappa shape index (κ3) is 5.54. The molecule has 2 aromatic rings. The minimum atomic E-state index is -0.524. The van der Waals surface area contributed by atoms with Gasteiger partial charge in [0.25, 0.3) is 0 Å². The molecule has 0 bridgehead atoms. The third-order valence-corrected chi connectivity index (χ3v) is 7.16. The van der Waals surface area contributed by atoms with Crippen LogP contribution < -0.4 is 16.4 Å². The summed E-state index contributed by atoms with van der Waals surface area (Å²) in [4.78, 5) is 29.7. The van der Waals surface area contributed by atoms with Gasteiger partial charge in [0.05, 0.1) is 5.41 Å². The second kappa shape index (κ2) is 11.2. The Kier molecular flexibility index (Phi) is 8.39. The standard InChI is InChI=1S/C26H36N4O2/c1-3-26(4-2,21-8-6-5-7-9-21)25(32)29-18-23(27)19-10-12-20(13-11-19)24(31)30-22-14-16-28-17-15-22/h5-9,14-17,19-20,23H,3-4,10-13,18,27H2,1-2H3,(H,29,32)(H,28,30,31). The van der Waals surface area contributed by atoms with Crippen LogP contribution in [-0.4, -0.2) is 29.4 Å². The van der Waals surface area contributed by atoms with E-state index in [1.807, 2.05) is 30.3 Å². The van der Waals surface area contributed by atoms with Gasteiger partial charge in [-0.3, -0.25) is 14.6 Å². The molecule has 1 aliphatic rings. The SMILES string of the molecule is CCC(CC)(C(=O)NCC(N)C1CCC(C(=O)Nc2ccncc2)CC1)c1ccccc1. The lowest BCUT2D eigenvalue weighted by Crippen LogP contribution is -2.49. The van der Waals surface area contributed by atoms with E-state index in [9.17, 15) is 9.59 Å². The number of nitrogens with zero attached hydrogens (tertiary/aromatic N) is 1. The Bertz CT molecular complexity index is 860. The lowest BCUT2D eigenvalue weighted by atomic mass is 9.74. The summed E-state index contributed by atoms with van der Waals surface area (Å²) in [5.74, 6) is 0.436. The predicted octanol–water partition coefficient (Wildman–Crippen LogP) is 4.03. The predicted molar refractivity (Wildman–Crippen MR) is 128 cm³/mol. The molecule has 0 radical (unpaired) electrons. The molecule has 6 heteroatoms. The van der Waals surface area contributed by atoms with Crippen molar-refractivity contribution in [3.8, 4) is 0 Å². The summed E-state index contributed by atoms with van der Waals surface area (Å²) < 4.78 is 0. The van der Waals surface area contributed by atoms with Gasteiger partial charge in [0.1, 0.15) is 0 Å². The zero-order valence-corrected chi connectivity index (χ0v) is 19.2. The van der Waals surface area contributed by atoms with Crippen LogP contribution in [0, 0.1) is 11.8 Å². The molecule has 4 N–H and O–H groups in total. The molecule has 1 aromatic heterocycles. The zero-order chi connectivity index (χ0) is 23.0. The summed E-state index contributed by atoms with van der Waals surface area (Å²) in [5, 5.41) is 6.11. The molecule has 1 heterocycles. The number of pyridine rings is 1. The highest BCUT2D eigenvalue weighted by atomic mass is 16.2. The van der Waals surface area contributed by atoms with Crippen LogP contribution in [0.25, 0.3) is 0 Å². The maximum atomic E-state index is 13.2. The van der Waals surface area contributed by atoms with Crippen LogP contribution in [0.5, 0.6) is 0 Å². The fraction of sp³-hybridized carbons (Fsp3) is 0.500. The van der Waals surface area contributed by atoms with Crippen molar-refractivity contribution in [1.29, 1.82) is 0 Å². The maximum Gasteiger partial charge on any atom is 0.230 e. The Morgan fingerprint density at radius 1 is 1.03 bits per heavy atom. The number of nitrogens with two attached hydrogens (primary N) is 1. The van der Waals surface area contributed by atoms with Crippen molar-refractivity contribution in [2.45, 2.75) is 63.8 Å². The van der Waals surface area contributed by atoms with E-state index in [1.54, 1.807) is 24.5 Å². The fourth-order valence-corrected chi connectivity index (χ4v) is 4.90. The van der Waals surface area contributed by atoms with Gasteiger partial charge in [0.2, 0.25) is 11.8 Å². The van der Waals surface area contributed by atoms with Crippen molar-refractivity contribution in [1.82, 2.24) is 10.3 Å². The zero-order valence-electron chi connectivity index (χ0n) is 19.2. The first-order chi connectivity index (χ1) is 15.5. The number of hydrogen-bond acceptors (Lipinski definition) is 4. The monoisotopic (exact) mass is 436 g/mol. The molecule has 0 saturated heterocycles. The number of hydrogen-bond donors (Lipinski definition) is 3. The van der Waals surface area contributed by atoms with Crippen LogP contribution in [0.2, 0.25) is 0 Å². The second-order valence-electron chi connectivity index (χ2n) is 8.87. The van der Waals surface area contributed by atoms with Gasteiger partial charge in [-0.15, -0.1) is 0 Å². The van der Waals surface area contributed by atoms with Crippen molar-refractivity contribution in [2.75, 3.05) is 11.9 Å². The van der Waals surface area contributed by atoms with Crippen LogP contribution in [-0.2, 0) is 15.0 Å². The van der Waals surface area contributed by atoms with Crippen LogP contribution in [0.15, 0.2) is 54.9 Å². The molecular formula is C26H36N4O2. The number of nitrogens with one attached hydrogen (secondary N) is 2. The molecule has 32 heavy (non-hydrogen) atoms. The molecule has 1 saturated carbocycles. The summed E-state index contributed by atoms with van der Waals surface area (Å²) in [6, 6.07) is 13.5. The van der Waals surface area contributed by atoms with Gasteiger partial charge in [-0.2, -0.15) is 0 Å². The van der Waals surface area contributed by atoms with Gasteiger partial charge in [0, 0.05) is 36.6 Å². The van der Waals surface area contributed by atoms with E-state index in [0.29, 0.717) is 12.5 Å². The van der Waals surface area contributed by atoms with Gasteiger partial charge in [0.15, 0.2) is 0 Å². The normalized spacial score (nSPS) is 19.7. The molecule has 0 aliphatic heterocycles. The highest BCUT2D eigenvalue weighted by Gasteiger charge is 2.37. The Morgan fingerprint density at radius 2 is 1.66 bits per heavy atom. The third-order valence-electron chi connectivity index (χ3n) is 7.16. The minimum absolute atomic E-state index is 0.00659. The fourth-order valence-electron chi connectivity index (χ4n) is 4.90. The number of anilines is 1. The Labute approximate surface area is 191 Å². The van der Waals surface area contributed by atoms with E-state index in [4.69, 9.17) is 5.73 Å². The Morgan fingerprint density at radius 3 is 2.25 bits per heavy atom. The first-order valence-corrected chi connectivity index (χ1v) is 11.8. The highest BCUT2D eigenvalue weighted by Crippen LogP contribution is 2.33. The van der Waals surface area contributed by atoms with E-state index >= 15 is 0 Å². The lowest BCUT2D eigenvalue weighted by molar-refractivity contribution is -0.127. The van der Waals surface area contributed by atoms with Gasteiger partial charge in [-0.05, 0) is 62.1 Å². The molecule has 1 aliphatic carbocycles. The van der Waals surface area contributed by atoms with Gasteiger partial charge in [-0.1, -0.05) is 44.2 Å². The van der Waals surface area contributed by atoms with Gasteiger partial charge >= 0.3 is 0 Å². The molecule has 172 valence electrons. The summed E-state index contributed by atoms with van der Waals surface area (Å²) in [6.45, 7) is 4.59. The summed E-state index contributed by atoms with van der Waals surface area (Å²) >= 11 is 0. The topological polar surface area (TPSA) is 97.1 Å². The number of amides is 2. The first-order valence-electron chi connectivity index (χ1n) is 11.8. The number of carbonyl (C=O) groups is 2. The van der Waals surface area contributed by atoms with Gasteiger partial charge in [-0.25, -0.2) is 0 Å². The molecule has 1 unspecified atom stereocenters. The largest absolute Gasteiger partial charge is 0.354 e. The van der Waals surface area contributed by atoms with Gasteiger partial charge < -0.3 is 16.4 Å². The molecule has 1 atom stereocenters. The molecular weight excluding hydrogens is 400 g/mol. The molecule has 0 spiro atoms. The number of aromatic nitrogens is 1. The second-order valence-corrected chi connectivity index (χ2v) is 8.87. The molecule has 1 fully saturated rings. The van der Waals surface area contributed by atoms with E-state index in [2.05, 4.69) is 29.5 Å². The van der Waals surface area contributed by atoms with Crippen LogP contribution in [0.1, 0.15) is 57.9 Å². The van der Waals surface area contributed by atoms with E-state index < -0.39 is 5.41 Å². The van der Waals surface area contributed by atoms with E-state index in [-0.39, 0.29) is 23.8 Å². The average Bonchev–Trinajstić information content (AvgIpc) is 2.85. The summed E-state index contributed by atoms with van der Waals surface area (Å²) in [7, 11) is 0. The Hall–Kier alpha value is -2.73. The van der Waals surface area contributed by atoms with Crippen molar-refractivity contribution in [2.24, 2.45) is 17.6 Å². The Balaban J connectivity index is 1.50.